The van der Waals surface area contributed by atoms with Crippen molar-refractivity contribution in [3.05, 3.63) is 109 Å². The Morgan fingerprint density at radius 1 is 0.848 bits per heavy atom. The Morgan fingerprint density at radius 3 is 2.21 bits per heavy atom. The highest BCUT2D eigenvalue weighted by Gasteiger charge is 2.29. The van der Waals surface area contributed by atoms with Crippen molar-refractivity contribution >= 4 is 6.03 Å². The van der Waals surface area contributed by atoms with Gasteiger partial charge in [-0.1, -0.05) is 102 Å². The van der Waals surface area contributed by atoms with Crippen LogP contribution in [0.3, 0.4) is 0 Å². The zero-order valence-corrected chi connectivity index (χ0v) is 18.0. The first-order valence-electron chi connectivity index (χ1n) is 11.0. The van der Waals surface area contributed by atoms with Crippen LogP contribution in [0.2, 0.25) is 0 Å². The zero-order chi connectivity index (χ0) is 22.6. The van der Waals surface area contributed by atoms with Crippen molar-refractivity contribution < 1.29 is 9.90 Å². The van der Waals surface area contributed by atoms with E-state index in [2.05, 4.69) is 22.4 Å². The monoisotopic (exact) mass is 436 g/mol. The maximum atomic E-state index is 13.3. The minimum absolute atomic E-state index is 0.166. The van der Waals surface area contributed by atoms with Crippen LogP contribution in [-0.2, 0) is 6.42 Å². The van der Waals surface area contributed by atoms with E-state index in [1.165, 1.54) is 4.68 Å². The molecule has 33 heavy (non-hydrogen) atoms. The summed E-state index contributed by atoms with van der Waals surface area (Å²) < 4.78 is 1.25. The van der Waals surface area contributed by atoms with Gasteiger partial charge in [-0.15, -0.1) is 5.10 Å². The van der Waals surface area contributed by atoms with Crippen LogP contribution in [0.25, 0.3) is 22.4 Å². The summed E-state index contributed by atoms with van der Waals surface area (Å²) in [5.41, 5.74) is 4.88. The summed E-state index contributed by atoms with van der Waals surface area (Å²) in [5.74, 6) is 0. The van der Waals surface area contributed by atoms with Crippen LogP contribution in [0.1, 0.15) is 5.56 Å². The molecule has 3 aromatic carbocycles. The van der Waals surface area contributed by atoms with E-state index in [0.717, 1.165) is 22.3 Å². The first kappa shape index (κ1) is 20.8. The third-order valence-electron chi connectivity index (χ3n) is 5.85. The number of rotatable bonds is 4. The lowest BCUT2D eigenvalue weighted by Crippen LogP contribution is -2.49. The fourth-order valence-corrected chi connectivity index (χ4v) is 4.10. The summed E-state index contributed by atoms with van der Waals surface area (Å²) in [4.78, 5) is 14.9. The van der Waals surface area contributed by atoms with E-state index >= 15 is 0 Å². The van der Waals surface area contributed by atoms with Crippen LogP contribution >= 0.6 is 0 Å². The van der Waals surface area contributed by atoms with Crippen molar-refractivity contribution in [2.45, 2.75) is 18.6 Å². The standard InChI is InChI=1S/C27H24N4O2/c32-25-16-15-24(17-20-7-3-1-4-8-20)30(18-25)27(33)31-19-26(28-29-31)23-13-11-22(12-14-23)21-9-5-2-6-10-21/h1-16,19,24-25,32H,17-18H2/t24-,25-/m1/s1. The molecule has 0 radical (unpaired) electrons. The average molecular weight is 437 g/mol. The van der Waals surface area contributed by atoms with E-state index in [9.17, 15) is 9.90 Å². The third-order valence-corrected chi connectivity index (χ3v) is 5.85. The molecular weight excluding hydrogens is 412 g/mol. The van der Waals surface area contributed by atoms with E-state index in [-0.39, 0.29) is 18.6 Å². The number of nitrogens with zero attached hydrogens (tertiary/aromatic N) is 4. The Hall–Kier alpha value is -4.03. The van der Waals surface area contributed by atoms with Gasteiger partial charge in [-0.3, -0.25) is 0 Å². The molecular formula is C27H24N4O2. The number of aliphatic hydroxyl groups is 1. The molecule has 4 aromatic rings. The highest BCUT2D eigenvalue weighted by Crippen LogP contribution is 2.24. The summed E-state index contributed by atoms with van der Waals surface area (Å²) in [5, 5.41) is 18.4. The van der Waals surface area contributed by atoms with Crippen LogP contribution in [0.5, 0.6) is 0 Å². The normalized spacial score (nSPS) is 17.8. The quantitative estimate of drug-likeness (QED) is 0.481. The molecule has 0 bridgehead atoms. The molecule has 0 fully saturated rings. The lowest BCUT2D eigenvalue weighted by Gasteiger charge is -2.33. The van der Waals surface area contributed by atoms with E-state index in [4.69, 9.17) is 0 Å². The molecule has 1 N–H and O–H groups in total. The molecule has 0 saturated heterocycles. The van der Waals surface area contributed by atoms with Crippen LogP contribution in [0.15, 0.2) is 103 Å². The Morgan fingerprint density at radius 2 is 1.48 bits per heavy atom. The molecule has 1 aromatic heterocycles. The van der Waals surface area contributed by atoms with Gasteiger partial charge < -0.3 is 10.0 Å². The summed E-state index contributed by atoms with van der Waals surface area (Å²) in [6.07, 6.45) is 5.24. The topological polar surface area (TPSA) is 71.2 Å². The molecule has 0 saturated carbocycles. The molecule has 6 heteroatoms. The van der Waals surface area contributed by atoms with Crippen molar-refractivity contribution in [1.82, 2.24) is 19.9 Å². The molecule has 164 valence electrons. The second kappa shape index (κ2) is 9.22. The highest BCUT2D eigenvalue weighted by molar-refractivity contribution is 5.78. The summed E-state index contributed by atoms with van der Waals surface area (Å²) in [7, 11) is 0. The number of aliphatic hydroxyl groups excluding tert-OH is 1. The van der Waals surface area contributed by atoms with Crippen LogP contribution < -0.4 is 0 Å². The maximum Gasteiger partial charge on any atom is 0.346 e. The van der Waals surface area contributed by atoms with Gasteiger partial charge in [0.2, 0.25) is 0 Å². The molecule has 1 amide bonds. The van der Waals surface area contributed by atoms with E-state index in [1.54, 1.807) is 17.2 Å². The number of benzene rings is 3. The van der Waals surface area contributed by atoms with Crippen molar-refractivity contribution in [2.75, 3.05) is 6.54 Å². The minimum Gasteiger partial charge on any atom is -0.387 e. The highest BCUT2D eigenvalue weighted by atomic mass is 16.3. The van der Waals surface area contributed by atoms with E-state index in [1.807, 2.05) is 78.9 Å². The maximum absolute atomic E-state index is 13.3. The second-order valence-corrected chi connectivity index (χ2v) is 8.14. The van der Waals surface area contributed by atoms with Gasteiger partial charge in [0, 0.05) is 5.56 Å². The van der Waals surface area contributed by atoms with E-state index < -0.39 is 6.10 Å². The van der Waals surface area contributed by atoms with Gasteiger partial charge in [0.15, 0.2) is 0 Å². The van der Waals surface area contributed by atoms with E-state index in [0.29, 0.717) is 12.1 Å². The average Bonchev–Trinajstić information content (AvgIpc) is 3.36. The molecule has 1 aliphatic heterocycles. The number of carbonyl (C=O) groups is 1. The Balaban J connectivity index is 1.35. The fourth-order valence-electron chi connectivity index (χ4n) is 4.10. The summed E-state index contributed by atoms with van der Waals surface area (Å²) in [6, 6.07) is 27.7. The SMILES string of the molecule is O=C(N1C[C@H](O)C=C[C@@H]1Cc1ccccc1)n1cc(-c2ccc(-c3ccccc3)cc2)nn1. The fraction of sp³-hybridized carbons (Fsp3) is 0.148. The van der Waals surface area contributed by atoms with Crippen molar-refractivity contribution in [2.24, 2.45) is 0 Å². The summed E-state index contributed by atoms with van der Waals surface area (Å²) in [6.45, 7) is 0.216. The lowest BCUT2D eigenvalue weighted by atomic mass is 10.0. The van der Waals surface area contributed by atoms with Crippen LogP contribution in [0, 0.1) is 0 Å². The lowest BCUT2D eigenvalue weighted by molar-refractivity contribution is 0.124. The molecule has 1 aliphatic rings. The molecule has 5 rings (SSSR count). The Bertz CT molecular complexity index is 1250. The number of amides is 1. The number of hydrogen-bond donors (Lipinski definition) is 1. The molecule has 0 unspecified atom stereocenters. The van der Waals surface area contributed by atoms with Gasteiger partial charge in [0.05, 0.1) is 24.9 Å². The third kappa shape index (κ3) is 4.61. The van der Waals surface area contributed by atoms with Gasteiger partial charge >= 0.3 is 6.03 Å². The first-order valence-corrected chi connectivity index (χ1v) is 11.0. The van der Waals surface area contributed by atoms with Crippen molar-refractivity contribution in [3.8, 4) is 22.4 Å². The smallest absolute Gasteiger partial charge is 0.346 e. The molecule has 0 spiro atoms. The molecule has 0 aliphatic carbocycles. The summed E-state index contributed by atoms with van der Waals surface area (Å²) >= 11 is 0. The molecule has 2 heterocycles. The Labute approximate surface area is 192 Å². The van der Waals surface area contributed by atoms with Gasteiger partial charge in [-0.05, 0) is 23.1 Å². The van der Waals surface area contributed by atoms with Gasteiger partial charge in [0.25, 0.3) is 0 Å². The number of carbonyl (C=O) groups excluding carboxylic acids is 1. The molecule has 2 atom stereocenters. The largest absolute Gasteiger partial charge is 0.387 e. The minimum atomic E-state index is -0.700. The predicted octanol–water partition coefficient (Wildman–Crippen LogP) is 4.42. The van der Waals surface area contributed by atoms with Gasteiger partial charge in [0.1, 0.15) is 5.69 Å². The molecule has 6 nitrogen and oxygen atoms in total. The number of hydrogen-bond acceptors (Lipinski definition) is 4. The van der Waals surface area contributed by atoms with Gasteiger partial charge in [-0.25, -0.2) is 4.79 Å². The number of aromatic nitrogens is 3. The Kier molecular flexibility index (Phi) is 5.83. The zero-order valence-electron chi connectivity index (χ0n) is 18.0. The van der Waals surface area contributed by atoms with Crippen LogP contribution in [0.4, 0.5) is 4.79 Å². The second-order valence-electron chi connectivity index (χ2n) is 8.14. The predicted molar refractivity (Wildman–Crippen MR) is 127 cm³/mol. The van der Waals surface area contributed by atoms with Gasteiger partial charge in [-0.2, -0.15) is 4.68 Å². The first-order chi connectivity index (χ1) is 16.2. The van der Waals surface area contributed by atoms with Crippen molar-refractivity contribution in [1.29, 1.82) is 0 Å². The van der Waals surface area contributed by atoms with Crippen LogP contribution in [-0.4, -0.2) is 49.7 Å². The van der Waals surface area contributed by atoms with Crippen molar-refractivity contribution in [3.63, 3.8) is 0 Å². The number of β-amino-alcohol motifs (C(OH)–C–C–N with tert-alkyl or cyclic N) is 1.